The van der Waals surface area contributed by atoms with E-state index in [0.717, 1.165) is 19.3 Å². The molecule has 108 valence electrons. The lowest BCUT2D eigenvalue weighted by atomic mass is 9.83. The molecule has 0 radical (unpaired) electrons. The highest BCUT2D eigenvalue weighted by atomic mass is 32.1. The minimum atomic E-state index is 0.0668. The summed E-state index contributed by atoms with van der Waals surface area (Å²) in [6, 6.07) is 8.47. The first-order chi connectivity index (χ1) is 9.49. The van der Waals surface area contributed by atoms with Crippen molar-refractivity contribution in [3.63, 3.8) is 0 Å². The Morgan fingerprint density at radius 1 is 1.45 bits per heavy atom. The van der Waals surface area contributed by atoms with E-state index in [1.54, 1.807) is 4.90 Å². The molecule has 0 bridgehead atoms. The van der Waals surface area contributed by atoms with Gasteiger partial charge in [0, 0.05) is 25.4 Å². The maximum atomic E-state index is 12.6. The number of amides is 1. The molecule has 1 aliphatic rings. The second-order valence-electron chi connectivity index (χ2n) is 5.68. The lowest BCUT2D eigenvalue weighted by molar-refractivity contribution is -0.136. The van der Waals surface area contributed by atoms with Gasteiger partial charge in [-0.2, -0.15) is 0 Å². The van der Waals surface area contributed by atoms with Gasteiger partial charge in [0.25, 0.3) is 0 Å². The summed E-state index contributed by atoms with van der Waals surface area (Å²) in [5.41, 5.74) is 8.26. The van der Waals surface area contributed by atoms with Crippen LogP contribution < -0.4 is 5.73 Å². The van der Waals surface area contributed by atoms with E-state index >= 15 is 0 Å². The summed E-state index contributed by atoms with van der Waals surface area (Å²) in [5.74, 6) is 0.298. The van der Waals surface area contributed by atoms with Crippen molar-refractivity contribution in [1.29, 1.82) is 0 Å². The molecule has 2 N–H and O–H groups in total. The molecule has 1 aromatic carbocycles. The van der Waals surface area contributed by atoms with Crippen LogP contribution in [0, 0.1) is 5.92 Å². The molecule has 1 aromatic rings. The van der Waals surface area contributed by atoms with Crippen molar-refractivity contribution in [3.8, 4) is 0 Å². The fraction of sp³-hybridized carbons (Fsp3) is 0.500. The van der Waals surface area contributed by atoms with Crippen LogP contribution in [0.4, 0.5) is 0 Å². The second kappa shape index (κ2) is 6.35. The van der Waals surface area contributed by atoms with E-state index in [1.807, 2.05) is 20.0 Å². The maximum Gasteiger partial charge on any atom is 0.226 e. The van der Waals surface area contributed by atoms with Crippen molar-refractivity contribution in [1.82, 2.24) is 4.90 Å². The third kappa shape index (κ3) is 3.37. The van der Waals surface area contributed by atoms with Crippen molar-refractivity contribution >= 4 is 23.1 Å². The molecule has 2 rings (SSSR count). The molecule has 0 spiro atoms. The molecule has 0 aromatic heterocycles. The molecule has 20 heavy (non-hydrogen) atoms. The van der Waals surface area contributed by atoms with E-state index in [0.29, 0.717) is 11.4 Å². The molecule has 2 atom stereocenters. The van der Waals surface area contributed by atoms with E-state index in [-0.39, 0.29) is 17.9 Å². The molecule has 0 heterocycles. The standard InChI is InChI=1S/C16H22N2OS/c1-11(9-15(17)20)18(2)16(19)14-8-7-12-5-3-4-6-13(12)10-14/h3-6,11,14H,7-10H2,1-2H3,(H2,17,20). The van der Waals surface area contributed by atoms with Gasteiger partial charge in [-0.05, 0) is 37.3 Å². The SMILES string of the molecule is CC(CC(N)=S)N(C)C(=O)C1CCc2ccccc2C1. The van der Waals surface area contributed by atoms with Crippen molar-refractivity contribution < 1.29 is 4.79 Å². The zero-order valence-electron chi connectivity index (χ0n) is 12.1. The molecule has 2 unspecified atom stereocenters. The van der Waals surface area contributed by atoms with Gasteiger partial charge in [0.2, 0.25) is 5.91 Å². The quantitative estimate of drug-likeness (QED) is 0.866. The number of aryl methyl sites for hydroxylation is 1. The van der Waals surface area contributed by atoms with Crippen molar-refractivity contribution in [2.75, 3.05) is 7.05 Å². The molecule has 4 heteroatoms. The first-order valence-corrected chi connectivity index (χ1v) is 7.51. The summed E-state index contributed by atoms with van der Waals surface area (Å²) in [6.45, 7) is 1.99. The highest BCUT2D eigenvalue weighted by Gasteiger charge is 2.28. The number of hydrogen-bond donors (Lipinski definition) is 1. The number of hydrogen-bond acceptors (Lipinski definition) is 2. The average Bonchev–Trinajstić information content (AvgIpc) is 2.44. The van der Waals surface area contributed by atoms with E-state index in [1.165, 1.54) is 11.1 Å². The van der Waals surface area contributed by atoms with Crippen LogP contribution in [0.2, 0.25) is 0 Å². The Morgan fingerprint density at radius 2 is 2.10 bits per heavy atom. The molecule has 0 aliphatic heterocycles. The van der Waals surface area contributed by atoms with Crippen LogP contribution in [0.25, 0.3) is 0 Å². The Morgan fingerprint density at radius 3 is 2.75 bits per heavy atom. The predicted molar refractivity (Wildman–Crippen MR) is 85.6 cm³/mol. The van der Waals surface area contributed by atoms with Gasteiger partial charge < -0.3 is 10.6 Å². The maximum absolute atomic E-state index is 12.6. The van der Waals surface area contributed by atoms with Gasteiger partial charge in [-0.3, -0.25) is 4.79 Å². The molecule has 1 aliphatic carbocycles. The average molecular weight is 290 g/mol. The Labute approximate surface area is 126 Å². The fourth-order valence-corrected chi connectivity index (χ4v) is 3.08. The molecule has 0 saturated heterocycles. The number of nitrogens with two attached hydrogens (primary N) is 1. The lowest BCUT2D eigenvalue weighted by Gasteiger charge is -2.31. The van der Waals surface area contributed by atoms with Crippen LogP contribution in [0.5, 0.6) is 0 Å². The van der Waals surface area contributed by atoms with Crippen LogP contribution in [0.15, 0.2) is 24.3 Å². The zero-order chi connectivity index (χ0) is 14.7. The van der Waals surface area contributed by atoms with Crippen molar-refractivity contribution in [3.05, 3.63) is 35.4 Å². The van der Waals surface area contributed by atoms with E-state index < -0.39 is 0 Å². The summed E-state index contributed by atoms with van der Waals surface area (Å²) in [7, 11) is 1.85. The van der Waals surface area contributed by atoms with Gasteiger partial charge in [-0.15, -0.1) is 0 Å². The van der Waals surface area contributed by atoms with E-state index in [2.05, 4.69) is 18.2 Å². The van der Waals surface area contributed by atoms with Crippen LogP contribution in [0.3, 0.4) is 0 Å². The van der Waals surface area contributed by atoms with Crippen molar-refractivity contribution in [2.24, 2.45) is 11.7 Å². The molecule has 3 nitrogen and oxygen atoms in total. The third-order valence-corrected chi connectivity index (χ3v) is 4.37. The number of fused-ring (bicyclic) bond motifs is 1. The summed E-state index contributed by atoms with van der Waals surface area (Å²) >= 11 is 4.93. The van der Waals surface area contributed by atoms with Crippen LogP contribution in [0.1, 0.15) is 30.9 Å². The van der Waals surface area contributed by atoms with Gasteiger partial charge in [-0.1, -0.05) is 36.5 Å². The highest BCUT2D eigenvalue weighted by molar-refractivity contribution is 7.80. The summed E-state index contributed by atoms with van der Waals surface area (Å²) in [6.07, 6.45) is 3.35. The number of thiocarbonyl (C=S) groups is 1. The minimum Gasteiger partial charge on any atom is -0.393 e. The number of carbonyl (C=O) groups excluding carboxylic acids is 1. The number of rotatable bonds is 4. The summed E-state index contributed by atoms with van der Waals surface area (Å²) in [4.78, 5) is 14.8. The highest BCUT2D eigenvalue weighted by Crippen LogP contribution is 2.27. The normalized spacial score (nSPS) is 19.0. The molecule has 1 amide bonds. The van der Waals surface area contributed by atoms with Gasteiger partial charge in [-0.25, -0.2) is 0 Å². The van der Waals surface area contributed by atoms with Crippen molar-refractivity contribution in [2.45, 2.75) is 38.6 Å². The Hall–Kier alpha value is -1.42. The second-order valence-corrected chi connectivity index (χ2v) is 6.20. The van der Waals surface area contributed by atoms with Gasteiger partial charge >= 0.3 is 0 Å². The fourth-order valence-electron chi connectivity index (χ4n) is 2.84. The first-order valence-electron chi connectivity index (χ1n) is 7.10. The smallest absolute Gasteiger partial charge is 0.226 e. The minimum absolute atomic E-state index is 0.0668. The topological polar surface area (TPSA) is 46.3 Å². The largest absolute Gasteiger partial charge is 0.393 e. The third-order valence-electron chi connectivity index (χ3n) is 4.20. The number of benzene rings is 1. The summed E-state index contributed by atoms with van der Waals surface area (Å²) < 4.78 is 0. The van der Waals surface area contributed by atoms with Crippen LogP contribution in [-0.2, 0) is 17.6 Å². The molecule has 0 fully saturated rings. The number of nitrogens with zero attached hydrogens (tertiary/aromatic N) is 1. The monoisotopic (exact) mass is 290 g/mol. The molecular weight excluding hydrogens is 268 g/mol. The number of carbonyl (C=O) groups is 1. The lowest BCUT2D eigenvalue weighted by Crippen LogP contribution is -2.42. The molecule has 0 saturated carbocycles. The molecular formula is C16H22N2OS. The predicted octanol–water partition coefficient (Wildman–Crippen LogP) is 2.31. The Kier molecular flexibility index (Phi) is 4.76. The van der Waals surface area contributed by atoms with Crippen LogP contribution in [-0.4, -0.2) is 28.9 Å². The van der Waals surface area contributed by atoms with Crippen LogP contribution >= 0.6 is 12.2 Å². The summed E-state index contributed by atoms with van der Waals surface area (Å²) in [5, 5.41) is 0. The van der Waals surface area contributed by atoms with Gasteiger partial charge in [0.1, 0.15) is 0 Å². The Bertz CT molecular complexity index is 515. The first kappa shape index (κ1) is 15.0. The van der Waals surface area contributed by atoms with E-state index in [9.17, 15) is 4.79 Å². The van der Waals surface area contributed by atoms with Gasteiger partial charge in [0.05, 0.1) is 4.99 Å². The Balaban J connectivity index is 2.02. The van der Waals surface area contributed by atoms with E-state index in [4.69, 9.17) is 18.0 Å². The zero-order valence-corrected chi connectivity index (χ0v) is 13.0. The van der Waals surface area contributed by atoms with Gasteiger partial charge in [0.15, 0.2) is 0 Å².